The van der Waals surface area contributed by atoms with Crippen molar-refractivity contribution in [2.24, 2.45) is 0 Å². The molecule has 1 fully saturated rings. The van der Waals surface area contributed by atoms with Crippen molar-refractivity contribution in [3.63, 3.8) is 0 Å². The number of hydrogen-bond donors (Lipinski definition) is 4. The number of alkyl halides is 2. The first-order valence-corrected chi connectivity index (χ1v) is 12.5. The summed E-state index contributed by atoms with van der Waals surface area (Å²) in [6.07, 6.45) is -2.97. The fourth-order valence-electron chi connectivity index (χ4n) is 3.41. The first-order valence-electron chi connectivity index (χ1n) is 11.3. The number of nitrogens with one attached hydrogen (secondary N) is 4. The molecule has 0 aliphatic carbocycles. The van der Waals surface area contributed by atoms with Gasteiger partial charge < -0.3 is 30.9 Å². The maximum Gasteiger partial charge on any atom is 0.315 e. The number of morpholine rings is 1. The van der Waals surface area contributed by atoms with Gasteiger partial charge in [0.15, 0.2) is 0 Å². The van der Waals surface area contributed by atoms with E-state index in [1.807, 2.05) is 0 Å². The maximum absolute atomic E-state index is 13.9. The Morgan fingerprint density at radius 2 is 1.92 bits per heavy atom. The Labute approximate surface area is 220 Å². The highest BCUT2D eigenvalue weighted by Gasteiger charge is 2.26. The van der Waals surface area contributed by atoms with Crippen molar-refractivity contribution in [2.75, 3.05) is 36.5 Å². The molecule has 1 atom stereocenters. The smallest absolute Gasteiger partial charge is 0.315 e. The minimum absolute atomic E-state index is 0.155. The second-order valence-corrected chi connectivity index (χ2v) is 10.0. The zero-order valence-electron chi connectivity index (χ0n) is 20.0. The summed E-state index contributed by atoms with van der Waals surface area (Å²) >= 11 is 6.89. The lowest BCUT2D eigenvalue weighted by molar-refractivity contribution is -0.125. The predicted octanol–water partition coefficient (Wildman–Crippen LogP) is 3.15. The summed E-state index contributed by atoms with van der Waals surface area (Å²) in [6.45, 7) is 3.43. The summed E-state index contributed by atoms with van der Waals surface area (Å²) in [5, 5.41) is 9.95. The third-order valence-corrected chi connectivity index (χ3v) is 6.36. The van der Waals surface area contributed by atoms with Crippen LogP contribution in [0.3, 0.4) is 0 Å². The molecule has 1 saturated heterocycles. The van der Waals surface area contributed by atoms with Crippen molar-refractivity contribution in [1.29, 1.82) is 0 Å². The van der Waals surface area contributed by atoms with Crippen molar-refractivity contribution in [1.82, 2.24) is 16.0 Å². The Morgan fingerprint density at radius 1 is 1.16 bits per heavy atom. The topological polar surface area (TPSA) is 129 Å². The quantitative estimate of drug-likeness (QED) is 0.376. The fourth-order valence-corrected chi connectivity index (χ4v) is 4.37. The first-order chi connectivity index (χ1) is 17.5. The molecule has 5 amide bonds. The average Bonchev–Trinajstić information content (AvgIpc) is 3.28. The number of carbonyl (C=O) groups is 4. The van der Waals surface area contributed by atoms with Crippen molar-refractivity contribution < 1.29 is 32.7 Å². The first kappa shape index (κ1) is 28.3. The van der Waals surface area contributed by atoms with Crippen molar-refractivity contribution in [3.05, 3.63) is 45.1 Å². The molecule has 2 aromatic rings. The molecule has 37 heavy (non-hydrogen) atoms. The van der Waals surface area contributed by atoms with E-state index in [0.717, 1.165) is 17.4 Å². The molecule has 1 aliphatic heterocycles. The number of urea groups is 1. The highest BCUT2D eigenvalue weighted by Crippen LogP contribution is 2.32. The Morgan fingerprint density at radius 3 is 2.54 bits per heavy atom. The molecule has 0 spiro atoms. The van der Waals surface area contributed by atoms with E-state index in [1.165, 1.54) is 23.1 Å². The molecule has 10 nitrogen and oxygen atoms in total. The van der Waals surface area contributed by atoms with E-state index in [9.17, 15) is 28.0 Å². The number of halogens is 3. The molecular weight excluding hydrogens is 532 g/mol. The zero-order valence-corrected chi connectivity index (χ0v) is 21.6. The summed E-state index contributed by atoms with van der Waals surface area (Å²) in [4.78, 5) is 51.4. The van der Waals surface area contributed by atoms with Crippen LogP contribution in [-0.2, 0) is 14.3 Å². The van der Waals surface area contributed by atoms with Gasteiger partial charge >= 0.3 is 6.03 Å². The van der Waals surface area contributed by atoms with E-state index in [2.05, 4.69) is 21.3 Å². The molecule has 14 heteroatoms. The zero-order chi connectivity index (χ0) is 27.1. The van der Waals surface area contributed by atoms with Gasteiger partial charge in [-0.15, -0.1) is 11.3 Å². The molecular formula is C23H26ClF2N5O5S. The highest BCUT2D eigenvalue weighted by atomic mass is 35.5. The third kappa shape index (κ3) is 7.84. The molecule has 3 rings (SSSR count). The van der Waals surface area contributed by atoms with Gasteiger partial charge in [-0.1, -0.05) is 11.6 Å². The Balaban J connectivity index is 1.78. The minimum atomic E-state index is -2.97. The molecule has 1 aliphatic rings. The van der Waals surface area contributed by atoms with Crippen LogP contribution < -0.4 is 26.2 Å². The monoisotopic (exact) mass is 557 g/mol. The van der Waals surface area contributed by atoms with Crippen LogP contribution in [0.1, 0.15) is 35.5 Å². The Hall–Kier alpha value is -3.29. The molecule has 0 radical (unpaired) electrons. The molecule has 1 aromatic heterocycles. The van der Waals surface area contributed by atoms with Gasteiger partial charge in [0.05, 0.1) is 15.8 Å². The van der Waals surface area contributed by atoms with Crippen molar-refractivity contribution >= 4 is 58.1 Å². The molecule has 0 unspecified atom stereocenters. The number of thiophene rings is 1. The van der Waals surface area contributed by atoms with Crippen molar-refractivity contribution in [2.45, 2.75) is 32.4 Å². The van der Waals surface area contributed by atoms with Crippen molar-refractivity contribution in [3.8, 4) is 0 Å². The largest absolute Gasteiger partial charge is 0.370 e. The van der Waals surface area contributed by atoms with Gasteiger partial charge in [-0.25, -0.2) is 13.6 Å². The number of nitrogens with zero attached hydrogens (tertiary/aromatic N) is 1. The van der Waals surface area contributed by atoms with Crippen LogP contribution in [0.25, 0.3) is 0 Å². The second kappa shape index (κ2) is 12.8. The van der Waals surface area contributed by atoms with Gasteiger partial charge in [0, 0.05) is 36.1 Å². The van der Waals surface area contributed by atoms with E-state index < -0.39 is 35.9 Å². The lowest BCUT2D eigenvalue weighted by Crippen LogP contribution is -2.54. The van der Waals surface area contributed by atoms with Gasteiger partial charge in [0.2, 0.25) is 5.91 Å². The van der Waals surface area contributed by atoms with Gasteiger partial charge in [-0.05, 0) is 44.2 Å². The Bertz CT molecular complexity index is 1160. The van der Waals surface area contributed by atoms with E-state index in [-0.39, 0.29) is 49.6 Å². The van der Waals surface area contributed by atoms with Gasteiger partial charge in [-0.3, -0.25) is 14.4 Å². The standard InChI is InChI=1S/C23H26ClF2N5O5S/c1-12(2)28-23(35)30-16(10-27-22(34)17-5-6-18(24)37-17)21(33)29-15-4-3-13(9-14(15)20(25)26)31-7-8-36-11-19(31)32/h3-6,9,12,16,20H,7-8,10-11H2,1-2H3,(H,27,34)(H,29,33)(H2,28,30,35)/t16-/m1/s1. The van der Waals surface area contributed by atoms with E-state index >= 15 is 0 Å². The van der Waals surface area contributed by atoms with Crippen LogP contribution in [0.5, 0.6) is 0 Å². The van der Waals surface area contributed by atoms with Gasteiger partial charge in [0.1, 0.15) is 12.6 Å². The summed E-state index contributed by atoms with van der Waals surface area (Å²) < 4.78 is 33.3. The highest BCUT2D eigenvalue weighted by molar-refractivity contribution is 7.18. The molecule has 200 valence electrons. The molecule has 0 bridgehead atoms. The van der Waals surface area contributed by atoms with Gasteiger partial charge in [-0.2, -0.15) is 0 Å². The average molecular weight is 558 g/mol. The normalized spacial score (nSPS) is 14.5. The molecule has 0 saturated carbocycles. The number of amides is 5. The molecule has 4 N–H and O–H groups in total. The number of benzene rings is 1. The lowest BCUT2D eigenvalue weighted by atomic mass is 10.1. The number of rotatable bonds is 9. The fraction of sp³-hybridized carbons (Fsp3) is 0.391. The van der Waals surface area contributed by atoms with Crippen LogP contribution in [0.15, 0.2) is 30.3 Å². The summed E-state index contributed by atoms with van der Waals surface area (Å²) in [7, 11) is 0. The van der Waals surface area contributed by atoms with E-state index in [0.29, 0.717) is 9.21 Å². The minimum Gasteiger partial charge on any atom is -0.370 e. The van der Waals surface area contributed by atoms with E-state index in [4.69, 9.17) is 16.3 Å². The molecule has 1 aromatic carbocycles. The maximum atomic E-state index is 13.9. The van der Waals surface area contributed by atoms with Gasteiger partial charge in [0.25, 0.3) is 18.2 Å². The number of hydrogen-bond acceptors (Lipinski definition) is 6. The van der Waals surface area contributed by atoms with Crippen LogP contribution in [0, 0.1) is 0 Å². The summed E-state index contributed by atoms with van der Waals surface area (Å²) in [5.41, 5.74) is -0.459. The van der Waals surface area contributed by atoms with Crippen LogP contribution in [0.4, 0.5) is 25.0 Å². The Kier molecular flexibility index (Phi) is 9.78. The van der Waals surface area contributed by atoms with Crippen LogP contribution in [0.2, 0.25) is 4.34 Å². The van der Waals surface area contributed by atoms with Crippen LogP contribution >= 0.6 is 22.9 Å². The summed E-state index contributed by atoms with van der Waals surface area (Å²) in [6, 6.07) is 4.64. The second-order valence-electron chi connectivity index (χ2n) is 8.30. The third-order valence-electron chi connectivity index (χ3n) is 5.13. The van der Waals surface area contributed by atoms with Crippen LogP contribution in [-0.4, -0.2) is 62.1 Å². The lowest BCUT2D eigenvalue weighted by Gasteiger charge is -2.28. The number of anilines is 2. The van der Waals surface area contributed by atoms with E-state index in [1.54, 1.807) is 19.9 Å². The number of carbonyl (C=O) groups excluding carboxylic acids is 4. The predicted molar refractivity (Wildman–Crippen MR) is 135 cm³/mol. The number of ether oxygens (including phenoxy) is 1. The SMILES string of the molecule is CC(C)NC(=O)N[C@H](CNC(=O)c1ccc(Cl)s1)C(=O)Nc1ccc(N2CCOCC2=O)cc1C(F)F. The summed E-state index contributed by atoms with van der Waals surface area (Å²) in [5.74, 6) is -1.72. The molecule has 2 heterocycles.